The molecular formula is C12H20N2O4S2. The Balaban J connectivity index is 2.81. The van der Waals surface area contributed by atoms with Crippen LogP contribution >= 0.6 is 0 Å². The van der Waals surface area contributed by atoms with Gasteiger partial charge in [0, 0.05) is 18.5 Å². The maximum atomic E-state index is 12.2. The Morgan fingerprint density at radius 1 is 1.20 bits per heavy atom. The van der Waals surface area contributed by atoms with E-state index in [1.165, 1.54) is 6.07 Å². The Kier molecular flexibility index (Phi) is 5.55. The first-order valence-corrected chi connectivity index (χ1v) is 9.76. The van der Waals surface area contributed by atoms with Crippen LogP contribution in [-0.2, 0) is 26.3 Å². The van der Waals surface area contributed by atoms with Crippen molar-refractivity contribution < 1.29 is 16.8 Å². The fourth-order valence-corrected chi connectivity index (χ4v) is 3.82. The minimum absolute atomic E-state index is 0.0485. The molecule has 0 spiro atoms. The molecule has 0 aliphatic heterocycles. The molecule has 0 radical (unpaired) electrons. The normalized spacial score (nSPS) is 12.5. The highest BCUT2D eigenvalue weighted by Crippen LogP contribution is 2.19. The summed E-state index contributed by atoms with van der Waals surface area (Å²) < 4.78 is 48.7. The third kappa shape index (κ3) is 5.10. The summed E-state index contributed by atoms with van der Waals surface area (Å²) in [7, 11) is -6.75. The van der Waals surface area contributed by atoms with Crippen molar-refractivity contribution in [3.8, 4) is 0 Å². The lowest BCUT2D eigenvalue weighted by atomic mass is 10.1. The van der Waals surface area contributed by atoms with Crippen molar-refractivity contribution in [2.24, 2.45) is 0 Å². The first-order chi connectivity index (χ1) is 9.15. The van der Waals surface area contributed by atoms with Crippen molar-refractivity contribution in [2.75, 3.05) is 24.3 Å². The minimum atomic E-state index is -3.67. The lowest BCUT2D eigenvalue weighted by Gasteiger charge is -2.11. The molecule has 8 heteroatoms. The van der Waals surface area contributed by atoms with E-state index in [1.54, 1.807) is 12.1 Å². The number of aryl methyl sites for hydroxylation is 1. The van der Waals surface area contributed by atoms with Gasteiger partial charge in [-0.3, -0.25) is 0 Å². The lowest BCUT2D eigenvalue weighted by molar-refractivity contribution is 0.576. The van der Waals surface area contributed by atoms with E-state index >= 15 is 0 Å². The summed E-state index contributed by atoms with van der Waals surface area (Å²) in [5, 5.41) is 0. The average Bonchev–Trinajstić information content (AvgIpc) is 2.33. The predicted molar refractivity (Wildman–Crippen MR) is 79.7 cm³/mol. The lowest BCUT2D eigenvalue weighted by Crippen LogP contribution is -2.27. The van der Waals surface area contributed by atoms with Crippen LogP contribution in [0.1, 0.15) is 18.9 Å². The molecule has 0 aliphatic carbocycles. The van der Waals surface area contributed by atoms with Crippen LogP contribution in [0.5, 0.6) is 0 Å². The van der Waals surface area contributed by atoms with Crippen LogP contribution in [0.25, 0.3) is 0 Å². The highest BCUT2D eigenvalue weighted by Gasteiger charge is 2.17. The second-order valence-electron chi connectivity index (χ2n) is 4.60. The maximum Gasteiger partial charge on any atom is 0.240 e. The summed E-state index contributed by atoms with van der Waals surface area (Å²) in [6.07, 6.45) is 1.93. The number of benzene rings is 1. The third-order valence-corrected chi connectivity index (χ3v) is 5.32. The van der Waals surface area contributed by atoms with E-state index in [0.29, 0.717) is 17.7 Å². The van der Waals surface area contributed by atoms with Gasteiger partial charge in [-0.25, -0.2) is 21.6 Å². The van der Waals surface area contributed by atoms with Crippen LogP contribution in [0.4, 0.5) is 5.69 Å². The molecule has 6 nitrogen and oxygen atoms in total. The van der Waals surface area contributed by atoms with Crippen molar-refractivity contribution in [1.29, 1.82) is 0 Å². The monoisotopic (exact) mass is 320 g/mol. The molecule has 0 atom stereocenters. The second kappa shape index (κ2) is 6.55. The van der Waals surface area contributed by atoms with Gasteiger partial charge in [0.05, 0.1) is 10.6 Å². The molecule has 114 valence electrons. The first kappa shape index (κ1) is 16.9. The largest absolute Gasteiger partial charge is 0.399 e. The molecule has 0 aliphatic rings. The molecule has 0 aromatic heterocycles. The number of rotatable bonds is 7. The number of nitrogen functional groups attached to an aromatic ring is 1. The van der Waals surface area contributed by atoms with Gasteiger partial charge in [-0.15, -0.1) is 0 Å². The summed E-state index contributed by atoms with van der Waals surface area (Å²) in [4.78, 5) is 0.152. The van der Waals surface area contributed by atoms with Gasteiger partial charge in [0.1, 0.15) is 9.84 Å². The average molecular weight is 320 g/mol. The van der Waals surface area contributed by atoms with Crippen LogP contribution in [0.3, 0.4) is 0 Å². The first-order valence-electron chi connectivity index (χ1n) is 6.21. The number of sulfonamides is 1. The Morgan fingerprint density at radius 3 is 2.40 bits per heavy atom. The Morgan fingerprint density at radius 2 is 1.85 bits per heavy atom. The Labute approximate surface area is 120 Å². The molecule has 0 amide bonds. The number of nitrogens with one attached hydrogen (secondary N) is 1. The Bertz CT molecular complexity index is 667. The molecule has 0 fully saturated rings. The predicted octanol–water partition coefficient (Wildman–Crippen LogP) is 0.544. The van der Waals surface area contributed by atoms with Crippen LogP contribution in [0.2, 0.25) is 0 Å². The summed E-state index contributed by atoms with van der Waals surface area (Å²) in [6, 6.07) is 4.75. The smallest absolute Gasteiger partial charge is 0.240 e. The van der Waals surface area contributed by atoms with Crippen molar-refractivity contribution in [3.05, 3.63) is 23.8 Å². The maximum absolute atomic E-state index is 12.2. The zero-order chi connectivity index (χ0) is 15.4. The number of hydrogen-bond acceptors (Lipinski definition) is 5. The summed E-state index contributed by atoms with van der Waals surface area (Å²) in [5.41, 5.74) is 6.67. The van der Waals surface area contributed by atoms with Gasteiger partial charge in [-0.05, 0) is 30.5 Å². The molecule has 0 bridgehead atoms. The van der Waals surface area contributed by atoms with Gasteiger partial charge < -0.3 is 5.73 Å². The van der Waals surface area contributed by atoms with Gasteiger partial charge in [0.15, 0.2) is 0 Å². The molecule has 1 aromatic carbocycles. The van der Waals surface area contributed by atoms with Gasteiger partial charge in [-0.1, -0.05) is 13.0 Å². The number of sulfone groups is 1. The van der Waals surface area contributed by atoms with E-state index in [0.717, 1.165) is 6.26 Å². The number of anilines is 1. The highest BCUT2D eigenvalue weighted by molar-refractivity contribution is 7.90. The molecule has 0 saturated carbocycles. The highest BCUT2D eigenvalue weighted by atomic mass is 32.2. The molecule has 3 N–H and O–H groups in total. The van der Waals surface area contributed by atoms with E-state index in [1.807, 2.05) is 6.92 Å². The second-order valence-corrected chi connectivity index (χ2v) is 8.60. The summed E-state index contributed by atoms with van der Waals surface area (Å²) in [6.45, 7) is 1.93. The van der Waals surface area contributed by atoms with Crippen LogP contribution in [0, 0.1) is 0 Å². The molecule has 20 heavy (non-hydrogen) atoms. The fourth-order valence-electron chi connectivity index (χ4n) is 1.73. The molecule has 1 rings (SSSR count). The van der Waals surface area contributed by atoms with E-state index in [-0.39, 0.29) is 23.6 Å². The topological polar surface area (TPSA) is 106 Å². The van der Waals surface area contributed by atoms with Gasteiger partial charge in [0.25, 0.3) is 0 Å². The van der Waals surface area contributed by atoms with Crippen molar-refractivity contribution in [2.45, 2.75) is 24.7 Å². The zero-order valence-electron chi connectivity index (χ0n) is 11.6. The van der Waals surface area contributed by atoms with Gasteiger partial charge in [0.2, 0.25) is 10.0 Å². The molecule has 0 saturated heterocycles. The quantitative estimate of drug-likeness (QED) is 0.563. The van der Waals surface area contributed by atoms with Crippen molar-refractivity contribution >= 4 is 25.5 Å². The van der Waals surface area contributed by atoms with Crippen molar-refractivity contribution in [3.63, 3.8) is 0 Å². The van der Waals surface area contributed by atoms with Gasteiger partial charge >= 0.3 is 0 Å². The summed E-state index contributed by atoms with van der Waals surface area (Å²) in [5.74, 6) is -0.0485. The number of hydrogen-bond donors (Lipinski definition) is 2. The van der Waals surface area contributed by atoms with E-state index in [4.69, 9.17) is 5.73 Å². The summed E-state index contributed by atoms with van der Waals surface area (Å²) >= 11 is 0. The molecule has 0 unspecified atom stereocenters. The number of nitrogens with two attached hydrogens (primary N) is 1. The molecular weight excluding hydrogens is 300 g/mol. The van der Waals surface area contributed by atoms with E-state index in [2.05, 4.69) is 4.72 Å². The van der Waals surface area contributed by atoms with Crippen LogP contribution in [-0.4, -0.2) is 35.4 Å². The molecule has 0 heterocycles. The fraction of sp³-hybridized carbons (Fsp3) is 0.500. The van der Waals surface area contributed by atoms with Crippen molar-refractivity contribution in [1.82, 2.24) is 4.72 Å². The Hall–Kier alpha value is -1.12. The van der Waals surface area contributed by atoms with Crippen LogP contribution in [0.15, 0.2) is 23.1 Å². The zero-order valence-corrected chi connectivity index (χ0v) is 13.2. The van der Waals surface area contributed by atoms with E-state index < -0.39 is 19.9 Å². The minimum Gasteiger partial charge on any atom is -0.399 e. The van der Waals surface area contributed by atoms with E-state index in [9.17, 15) is 16.8 Å². The third-order valence-electron chi connectivity index (χ3n) is 2.75. The van der Waals surface area contributed by atoms with Crippen LogP contribution < -0.4 is 10.5 Å². The van der Waals surface area contributed by atoms with Gasteiger partial charge in [-0.2, -0.15) is 0 Å². The molecule has 1 aromatic rings. The standard InChI is InChI=1S/C12H20N2O4S2/c1-3-10-5-6-11(13)9-12(10)20(17,18)14-7-4-8-19(2,15)16/h5-6,9,14H,3-4,7-8,13H2,1-2H3. The SMILES string of the molecule is CCc1ccc(N)cc1S(=O)(=O)NCCCS(C)(=O)=O.